The molecule has 3 aliphatic heterocycles. The number of hydrogen-bond donors (Lipinski definition) is 2. The van der Waals surface area contributed by atoms with Crippen molar-refractivity contribution in [1.29, 1.82) is 0 Å². The Balaban J connectivity index is 1.70. The molecule has 0 spiro atoms. The summed E-state index contributed by atoms with van der Waals surface area (Å²) in [6.07, 6.45) is 5.98. The minimum atomic E-state index is -0.626. The molecule has 3 amide bonds. The molecule has 29 heavy (non-hydrogen) atoms. The second-order valence-electron chi connectivity index (χ2n) is 8.91. The van der Waals surface area contributed by atoms with E-state index in [-0.39, 0.29) is 35.7 Å². The molecule has 3 fully saturated rings. The quantitative estimate of drug-likeness (QED) is 0.598. The maximum Gasteiger partial charge on any atom is 0.245 e. The molecule has 3 heterocycles. The van der Waals surface area contributed by atoms with E-state index in [4.69, 9.17) is 0 Å². The summed E-state index contributed by atoms with van der Waals surface area (Å²) in [6.45, 7) is 5.94. The lowest BCUT2D eigenvalue weighted by atomic mass is 10.0. The van der Waals surface area contributed by atoms with E-state index in [1.54, 1.807) is 9.80 Å². The first kappa shape index (κ1) is 21.7. The predicted octanol–water partition coefficient (Wildman–Crippen LogP) is 0.450. The minimum Gasteiger partial charge on any atom is -0.343 e. The van der Waals surface area contributed by atoms with Crippen LogP contribution in [-0.4, -0.2) is 77.6 Å². The number of aldehydes is 1. The summed E-state index contributed by atoms with van der Waals surface area (Å²) in [6, 6.07) is -1.77. The van der Waals surface area contributed by atoms with Crippen LogP contribution in [0.2, 0.25) is 0 Å². The van der Waals surface area contributed by atoms with Crippen LogP contribution in [0.1, 0.15) is 58.8 Å². The zero-order valence-corrected chi connectivity index (χ0v) is 17.6. The molecule has 0 aromatic rings. The molecule has 8 heteroatoms. The molecule has 0 radical (unpaired) electrons. The van der Waals surface area contributed by atoms with Crippen LogP contribution >= 0.6 is 0 Å². The third-order valence-corrected chi connectivity index (χ3v) is 6.26. The largest absolute Gasteiger partial charge is 0.343 e. The number of likely N-dealkylation sites (tertiary alicyclic amines) is 2. The van der Waals surface area contributed by atoms with Crippen molar-refractivity contribution in [2.75, 3.05) is 19.6 Å². The number of carbonyl (C=O) groups excluding carboxylic acids is 4. The first-order valence-electron chi connectivity index (χ1n) is 11.0. The fraction of sp³-hybridized carbons (Fsp3) is 0.810. The van der Waals surface area contributed by atoms with Crippen molar-refractivity contribution in [2.24, 2.45) is 5.92 Å². The van der Waals surface area contributed by atoms with Gasteiger partial charge in [0.05, 0.1) is 12.1 Å². The molecule has 3 saturated heterocycles. The summed E-state index contributed by atoms with van der Waals surface area (Å²) < 4.78 is 0. The van der Waals surface area contributed by atoms with Crippen LogP contribution < -0.4 is 10.6 Å². The van der Waals surface area contributed by atoms with Crippen molar-refractivity contribution in [3.63, 3.8) is 0 Å². The first-order valence-corrected chi connectivity index (χ1v) is 11.0. The highest BCUT2D eigenvalue weighted by atomic mass is 16.2. The number of nitrogens with one attached hydrogen (secondary N) is 2. The molecule has 0 unspecified atom stereocenters. The lowest BCUT2D eigenvalue weighted by Gasteiger charge is -2.32. The van der Waals surface area contributed by atoms with E-state index in [1.807, 2.05) is 13.8 Å². The van der Waals surface area contributed by atoms with E-state index in [9.17, 15) is 19.2 Å². The molecular formula is C21H34N4O4. The van der Waals surface area contributed by atoms with E-state index in [2.05, 4.69) is 10.6 Å². The number of carbonyl (C=O) groups is 4. The second kappa shape index (κ2) is 9.69. The van der Waals surface area contributed by atoms with Crippen molar-refractivity contribution in [2.45, 2.75) is 83.0 Å². The van der Waals surface area contributed by atoms with Crippen molar-refractivity contribution in [3.05, 3.63) is 0 Å². The summed E-state index contributed by atoms with van der Waals surface area (Å²) in [5.41, 5.74) is 0. The Labute approximate surface area is 172 Å². The Kier molecular flexibility index (Phi) is 7.27. The fourth-order valence-electron chi connectivity index (χ4n) is 4.76. The van der Waals surface area contributed by atoms with Crippen LogP contribution in [-0.2, 0) is 19.2 Å². The molecular weight excluding hydrogens is 372 g/mol. The van der Waals surface area contributed by atoms with Crippen LogP contribution in [0.15, 0.2) is 0 Å². The molecule has 162 valence electrons. The average Bonchev–Trinajstić information content (AvgIpc) is 3.46. The van der Waals surface area contributed by atoms with Gasteiger partial charge in [0.2, 0.25) is 17.7 Å². The van der Waals surface area contributed by atoms with Crippen LogP contribution in [0.4, 0.5) is 0 Å². The third-order valence-electron chi connectivity index (χ3n) is 6.26. The Bertz CT molecular complexity index is 632. The Morgan fingerprint density at radius 2 is 1.79 bits per heavy atom. The topological polar surface area (TPSA) is 98.8 Å². The van der Waals surface area contributed by atoms with Gasteiger partial charge in [0.1, 0.15) is 18.4 Å². The molecule has 0 aliphatic carbocycles. The number of rotatable bonds is 7. The summed E-state index contributed by atoms with van der Waals surface area (Å²) >= 11 is 0. The van der Waals surface area contributed by atoms with Gasteiger partial charge in [-0.2, -0.15) is 0 Å². The van der Waals surface area contributed by atoms with E-state index >= 15 is 0 Å². The van der Waals surface area contributed by atoms with Gasteiger partial charge in [0.25, 0.3) is 0 Å². The van der Waals surface area contributed by atoms with Crippen LogP contribution in [0.5, 0.6) is 0 Å². The molecule has 4 atom stereocenters. The van der Waals surface area contributed by atoms with E-state index in [0.717, 1.165) is 38.5 Å². The highest BCUT2D eigenvalue weighted by molar-refractivity contribution is 5.94. The maximum absolute atomic E-state index is 13.4. The lowest BCUT2D eigenvalue weighted by Crippen LogP contribution is -2.56. The second-order valence-corrected chi connectivity index (χ2v) is 8.91. The Morgan fingerprint density at radius 3 is 2.45 bits per heavy atom. The first-order chi connectivity index (χ1) is 13.9. The summed E-state index contributed by atoms with van der Waals surface area (Å²) in [7, 11) is 0. The summed E-state index contributed by atoms with van der Waals surface area (Å²) in [4.78, 5) is 53.6. The average molecular weight is 407 g/mol. The van der Waals surface area contributed by atoms with E-state index in [0.29, 0.717) is 32.4 Å². The third kappa shape index (κ3) is 4.97. The van der Waals surface area contributed by atoms with Gasteiger partial charge < -0.3 is 25.2 Å². The van der Waals surface area contributed by atoms with Crippen LogP contribution in [0.25, 0.3) is 0 Å². The van der Waals surface area contributed by atoms with Gasteiger partial charge in [-0.05, 0) is 57.4 Å². The number of hydrogen-bond acceptors (Lipinski definition) is 5. The summed E-state index contributed by atoms with van der Waals surface area (Å²) in [5.74, 6) is -0.208. The molecule has 3 rings (SSSR count). The van der Waals surface area contributed by atoms with E-state index in [1.165, 1.54) is 0 Å². The number of nitrogens with zero attached hydrogens (tertiary/aromatic N) is 2. The smallest absolute Gasteiger partial charge is 0.245 e. The summed E-state index contributed by atoms with van der Waals surface area (Å²) in [5, 5.41) is 6.11. The molecule has 3 aliphatic rings. The van der Waals surface area contributed by atoms with Gasteiger partial charge in [-0.25, -0.2) is 0 Å². The fourth-order valence-corrected chi connectivity index (χ4v) is 4.76. The van der Waals surface area contributed by atoms with Crippen molar-refractivity contribution in [3.8, 4) is 0 Å². The zero-order chi connectivity index (χ0) is 21.0. The molecule has 0 saturated carbocycles. The van der Waals surface area contributed by atoms with Crippen molar-refractivity contribution in [1.82, 2.24) is 20.4 Å². The van der Waals surface area contributed by atoms with Crippen molar-refractivity contribution < 1.29 is 19.2 Å². The SMILES string of the molecule is CC(C)C[C@H](NC(=O)[C@@H]1CCCN1)C(=O)N1CCC[C@H]1C(=O)N1CCC[C@H]1C=O. The van der Waals surface area contributed by atoms with Gasteiger partial charge in [-0.15, -0.1) is 0 Å². The Hall–Kier alpha value is -1.96. The molecule has 0 aromatic carbocycles. The van der Waals surface area contributed by atoms with Gasteiger partial charge in [0, 0.05) is 13.1 Å². The van der Waals surface area contributed by atoms with Crippen molar-refractivity contribution >= 4 is 24.0 Å². The normalized spacial score (nSPS) is 28.0. The zero-order valence-electron chi connectivity index (χ0n) is 17.6. The van der Waals surface area contributed by atoms with Gasteiger partial charge in [-0.3, -0.25) is 14.4 Å². The maximum atomic E-state index is 13.4. The highest BCUT2D eigenvalue weighted by Crippen LogP contribution is 2.25. The molecule has 8 nitrogen and oxygen atoms in total. The molecule has 2 N–H and O–H groups in total. The van der Waals surface area contributed by atoms with Gasteiger partial charge >= 0.3 is 0 Å². The van der Waals surface area contributed by atoms with Gasteiger partial charge in [0.15, 0.2) is 0 Å². The van der Waals surface area contributed by atoms with Crippen LogP contribution in [0, 0.1) is 5.92 Å². The monoisotopic (exact) mass is 406 g/mol. The lowest BCUT2D eigenvalue weighted by molar-refractivity contribution is -0.147. The number of amides is 3. The van der Waals surface area contributed by atoms with E-state index < -0.39 is 12.1 Å². The molecule has 0 bridgehead atoms. The Morgan fingerprint density at radius 1 is 1.07 bits per heavy atom. The van der Waals surface area contributed by atoms with Crippen LogP contribution in [0.3, 0.4) is 0 Å². The molecule has 0 aromatic heterocycles. The van der Waals surface area contributed by atoms with Gasteiger partial charge in [-0.1, -0.05) is 13.8 Å². The standard InChI is InChI=1S/C21H34N4O4/c1-14(2)12-17(23-19(27)16-7-3-9-22-16)20(28)25-11-5-8-18(25)21(29)24-10-4-6-15(24)13-26/h13-18,22H,3-12H2,1-2H3,(H,23,27)/t15-,16-,17-,18-/m0/s1. The minimum absolute atomic E-state index is 0.127. The highest BCUT2D eigenvalue weighted by Gasteiger charge is 2.42. The predicted molar refractivity (Wildman–Crippen MR) is 108 cm³/mol.